The molecule has 0 atom stereocenters. The minimum Gasteiger partial charge on any atom is -0.462 e. The largest absolute Gasteiger partial charge is 0.462 e. The highest BCUT2D eigenvalue weighted by atomic mass is 35.5. The molecule has 1 rings (SSSR count). The summed E-state index contributed by atoms with van der Waals surface area (Å²) in [6, 6.07) is 5.14. The van der Waals surface area contributed by atoms with Gasteiger partial charge in [-0.05, 0) is 19.1 Å². The number of nitriles is 1. The SMILES string of the molecule is CCOC(=O)c1ccc(S)c(C#N)c1CCl. The molecule has 16 heavy (non-hydrogen) atoms. The lowest BCUT2D eigenvalue weighted by molar-refractivity contribution is 0.0525. The molecule has 0 unspecified atom stereocenters. The van der Waals surface area contributed by atoms with Gasteiger partial charge in [0, 0.05) is 16.3 Å². The number of halogens is 1. The number of esters is 1. The Morgan fingerprint density at radius 2 is 2.31 bits per heavy atom. The summed E-state index contributed by atoms with van der Waals surface area (Å²) in [5, 5.41) is 8.96. The molecule has 5 heteroatoms. The summed E-state index contributed by atoms with van der Waals surface area (Å²) in [4.78, 5) is 12.1. The van der Waals surface area contributed by atoms with E-state index in [-0.39, 0.29) is 12.5 Å². The number of nitrogens with zero attached hydrogens (tertiary/aromatic N) is 1. The fourth-order valence-corrected chi connectivity index (χ4v) is 1.84. The summed E-state index contributed by atoms with van der Waals surface area (Å²) in [7, 11) is 0. The van der Waals surface area contributed by atoms with E-state index in [9.17, 15) is 4.79 Å². The molecule has 0 radical (unpaired) electrons. The van der Waals surface area contributed by atoms with Crippen molar-refractivity contribution in [2.75, 3.05) is 6.61 Å². The van der Waals surface area contributed by atoms with Gasteiger partial charge < -0.3 is 4.74 Å². The first-order chi connectivity index (χ1) is 7.65. The zero-order valence-electron chi connectivity index (χ0n) is 8.66. The van der Waals surface area contributed by atoms with Crippen molar-refractivity contribution in [2.24, 2.45) is 0 Å². The van der Waals surface area contributed by atoms with Gasteiger partial charge in [0.15, 0.2) is 0 Å². The number of thiol groups is 1. The Labute approximate surface area is 104 Å². The van der Waals surface area contributed by atoms with Crippen LogP contribution >= 0.6 is 24.2 Å². The van der Waals surface area contributed by atoms with E-state index in [2.05, 4.69) is 12.6 Å². The third kappa shape index (κ3) is 2.49. The molecule has 3 nitrogen and oxygen atoms in total. The molecule has 1 aromatic carbocycles. The molecule has 0 aromatic heterocycles. The molecule has 0 aliphatic carbocycles. The maximum atomic E-state index is 11.6. The van der Waals surface area contributed by atoms with E-state index in [1.165, 1.54) is 0 Å². The Kier molecular flexibility index (Phi) is 4.66. The van der Waals surface area contributed by atoms with Crippen LogP contribution in [0.25, 0.3) is 0 Å². The van der Waals surface area contributed by atoms with Gasteiger partial charge in [-0.2, -0.15) is 5.26 Å². The van der Waals surface area contributed by atoms with E-state index in [0.29, 0.717) is 21.6 Å². The van der Waals surface area contributed by atoms with E-state index in [4.69, 9.17) is 21.6 Å². The van der Waals surface area contributed by atoms with Crippen molar-refractivity contribution in [3.8, 4) is 6.07 Å². The second-order valence-electron chi connectivity index (χ2n) is 2.95. The van der Waals surface area contributed by atoms with Crippen LogP contribution in [0, 0.1) is 11.3 Å². The Hall–Kier alpha value is -1.18. The molecule has 0 saturated carbocycles. The Morgan fingerprint density at radius 3 is 2.81 bits per heavy atom. The van der Waals surface area contributed by atoms with Gasteiger partial charge in [-0.15, -0.1) is 24.2 Å². The van der Waals surface area contributed by atoms with Crippen molar-refractivity contribution >= 4 is 30.2 Å². The first kappa shape index (κ1) is 12.9. The van der Waals surface area contributed by atoms with Gasteiger partial charge in [-0.25, -0.2) is 4.79 Å². The Morgan fingerprint density at radius 1 is 1.62 bits per heavy atom. The number of carbonyl (C=O) groups is 1. The molecule has 0 fully saturated rings. The summed E-state index contributed by atoms with van der Waals surface area (Å²) >= 11 is 9.88. The van der Waals surface area contributed by atoms with Gasteiger partial charge in [-0.1, -0.05) is 0 Å². The highest BCUT2D eigenvalue weighted by Gasteiger charge is 2.17. The van der Waals surface area contributed by atoms with Crippen LogP contribution in [0.4, 0.5) is 0 Å². The monoisotopic (exact) mass is 255 g/mol. The van der Waals surface area contributed by atoms with Gasteiger partial charge in [0.1, 0.15) is 6.07 Å². The van der Waals surface area contributed by atoms with Crippen molar-refractivity contribution in [3.63, 3.8) is 0 Å². The van der Waals surface area contributed by atoms with Crippen LogP contribution < -0.4 is 0 Å². The number of rotatable bonds is 3. The van der Waals surface area contributed by atoms with E-state index >= 15 is 0 Å². The van der Waals surface area contributed by atoms with E-state index < -0.39 is 5.97 Å². The van der Waals surface area contributed by atoms with Crippen LogP contribution in [0.2, 0.25) is 0 Å². The van der Waals surface area contributed by atoms with Crippen molar-refractivity contribution in [2.45, 2.75) is 17.7 Å². The number of carbonyl (C=O) groups excluding carboxylic acids is 1. The first-order valence-electron chi connectivity index (χ1n) is 4.63. The lowest BCUT2D eigenvalue weighted by Gasteiger charge is -2.09. The molecular formula is C11H10ClNO2S. The summed E-state index contributed by atoms with van der Waals surface area (Å²) < 4.78 is 4.88. The van der Waals surface area contributed by atoms with Gasteiger partial charge in [-0.3, -0.25) is 0 Å². The minimum absolute atomic E-state index is 0.0748. The number of alkyl halides is 1. The summed E-state index contributed by atoms with van der Waals surface area (Å²) in [6.07, 6.45) is 0. The smallest absolute Gasteiger partial charge is 0.338 e. The Bertz CT molecular complexity index is 454. The van der Waals surface area contributed by atoms with Crippen LogP contribution in [0.3, 0.4) is 0 Å². The van der Waals surface area contributed by atoms with E-state index in [0.717, 1.165) is 0 Å². The molecule has 1 aromatic rings. The lowest BCUT2D eigenvalue weighted by atomic mass is 10.0. The molecule has 0 aliphatic heterocycles. The quantitative estimate of drug-likeness (QED) is 0.513. The molecule has 0 aliphatic rings. The van der Waals surface area contributed by atoms with Crippen LogP contribution in [0.15, 0.2) is 17.0 Å². The summed E-state index contributed by atoms with van der Waals surface area (Å²) in [6.45, 7) is 2.00. The zero-order valence-corrected chi connectivity index (χ0v) is 10.3. The fourth-order valence-electron chi connectivity index (χ4n) is 1.30. The average molecular weight is 256 g/mol. The Balaban J connectivity index is 3.31. The average Bonchev–Trinajstić information content (AvgIpc) is 2.28. The molecule has 0 amide bonds. The minimum atomic E-state index is -0.469. The topological polar surface area (TPSA) is 50.1 Å². The highest BCUT2D eigenvalue weighted by molar-refractivity contribution is 7.80. The number of hydrogen-bond donors (Lipinski definition) is 1. The number of hydrogen-bond acceptors (Lipinski definition) is 4. The molecule has 0 bridgehead atoms. The molecule has 0 N–H and O–H groups in total. The second kappa shape index (κ2) is 5.78. The van der Waals surface area contributed by atoms with Gasteiger partial charge in [0.05, 0.1) is 17.7 Å². The maximum absolute atomic E-state index is 11.6. The van der Waals surface area contributed by atoms with E-state index in [1.807, 2.05) is 6.07 Å². The molecule has 0 heterocycles. The summed E-state index contributed by atoms with van der Waals surface area (Å²) in [5.41, 5.74) is 1.12. The molecule has 0 saturated heterocycles. The second-order valence-corrected chi connectivity index (χ2v) is 3.70. The lowest BCUT2D eigenvalue weighted by Crippen LogP contribution is -2.09. The standard InChI is InChI=1S/C11H10ClNO2S/c1-2-15-11(14)7-3-4-10(16)9(6-13)8(7)5-12/h3-4,16H,2,5H2,1H3. The first-order valence-corrected chi connectivity index (χ1v) is 5.61. The van der Waals surface area contributed by atoms with Crippen molar-refractivity contribution in [1.29, 1.82) is 5.26 Å². The van der Waals surface area contributed by atoms with Crippen LogP contribution in [-0.4, -0.2) is 12.6 Å². The molecule has 84 valence electrons. The van der Waals surface area contributed by atoms with Gasteiger partial charge >= 0.3 is 5.97 Å². The predicted octanol–water partition coefficient (Wildman–Crippen LogP) is 2.76. The molecular weight excluding hydrogens is 246 g/mol. The van der Waals surface area contributed by atoms with Crippen molar-refractivity contribution in [3.05, 3.63) is 28.8 Å². The number of ether oxygens (including phenoxy) is 1. The van der Waals surface area contributed by atoms with Gasteiger partial charge in [0.25, 0.3) is 0 Å². The van der Waals surface area contributed by atoms with Crippen LogP contribution in [0.5, 0.6) is 0 Å². The maximum Gasteiger partial charge on any atom is 0.338 e. The zero-order chi connectivity index (χ0) is 12.1. The van der Waals surface area contributed by atoms with Crippen LogP contribution in [0.1, 0.15) is 28.4 Å². The van der Waals surface area contributed by atoms with Crippen molar-refractivity contribution < 1.29 is 9.53 Å². The molecule has 0 spiro atoms. The third-order valence-electron chi connectivity index (χ3n) is 2.03. The van der Waals surface area contributed by atoms with Crippen LogP contribution in [-0.2, 0) is 10.6 Å². The normalized spacial score (nSPS) is 9.62. The number of benzene rings is 1. The van der Waals surface area contributed by atoms with Gasteiger partial charge in [0.2, 0.25) is 0 Å². The van der Waals surface area contributed by atoms with Crippen molar-refractivity contribution in [1.82, 2.24) is 0 Å². The predicted molar refractivity (Wildman–Crippen MR) is 63.9 cm³/mol. The summed E-state index contributed by atoms with van der Waals surface area (Å²) in [5.74, 6) is -0.395. The fraction of sp³-hybridized carbons (Fsp3) is 0.273. The third-order valence-corrected chi connectivity index (χ3v) is 2.67. The van der Waals surface area contributed by atoms with E-state index in [1.54, 1.807) is 19.1 Å². The highest BCUT2D eigenvalue weighted by Crippen LogP contribution is 2.24.